The molecule has 4 amide bonds. The number of likely N-dealkylation sites (tertiary alicyclic amines) is 2. The van der Waals surface area contributed by atoms with Crippen molar-refractivity contribution in [3.8, 4) is 33.6 Å². The molecule has 310 valence electrons. The first-order valence-electron chi connectivity index (χ1n) is 19.9. The van der Waals surface area contributed by atoms with Crippen LogP contribution in [0.1, 0.15) is 77.1 Å². The second kappa shape index (κ2) is 19.1. The number of nitrogens with zero attached hydrogens (tertiary/aromatic N) is 4. The number of alkyl halides is 2. The molecule has 4 aromatic rings. The molecule has 4 atom stereocenters. The van der Waals surface area contributed by atoms with Crippen molar-refractivity contribution in [3.05, 3.63) is 72.6 Å². The zero-order valence-corrected chi connectivity index (χ0v) is 33.3. The van der Waals surface area contributed by atoms with E-state index in [1.54, 1.807) is 22.2 Å². The topological polar surface area (TPSA) is 175 Å². The summed E-state index contributed by atoms with van der Waals surface area (Å²) >= 11 is 0. The molecule has 2 aromatic heterocycles. The van der Waals surface area contributed by atoms with E-state index in [0.29, 0.717) is 24.7 Å². The zero-order valence-electron chi connectivity index (χ0n) is 33.3. The maximum Gasteiger partial charge on any atom is 0.407 e. The highest BCUT2D eigenvalue weighted by molar-refractivity contribution is 5.87. The van der Waals surface area contributed by atoms with Crippen molar-refractivity contribution >= 4 is 24.0 Å². The second-order valence-corrected chi connectivity index (χ2v) is 15.3. The number of rotatable bonds is 15. The summed E-state index contributed by atoms with van der Waals surface area (Å²) in [5, 5.41) is 5.21. The van der Waals surface area contributed by atoms with Gasteiger partial charge in [0.2, 0.25) is 11.8 Å². The lowest BCUT2D eigenvalue weighted by Gasteiger charge is -2.30. The quantitative estimate of drug-likeness (QED) is 0.100. The Morgan fingerprint density at radius 3 is 1.36 bits per heavy atom. The molecule has 0 aliphatic carbocycles. The number of benzene rings is 2. The van der Waals surface area contributed by atoms with E-state index in [1.165, 1.54) is 0 Å². The third kappa shape index (κ3) is 9.65. The SMILES string of the molecule is CC(C)[C@H](NC(=O)OCCF)C(=O)N1CCC[C@H]1c1ncc(-c2ccc(-c3ccc(-c4cnc([C@@H]5CCCN5C(=O)[C@@H](NC(=O)OCCF)C(C)C)[nH]4)cc3)cc2)[nH]1. The Hall–Kier alpha value is -5.80. The van der Waals surface area contributed by atoms with Gasteiger partial charge in [-0.15, -0.1) is 0 Å². The molecule has 58 heavy (non-hydrogen) atoms. The van der Waals surface area contributed by atoms with E-state index in [2.05, 4.69) is 30.6 Å². The molecule has 2 aliphatic rings. The van der Waals surface area contributed by atoms with Gasteiger partial charge in [-0.05, 0) is 59.8 Å². The Labute approximate surface area is 336 Å². The number of H-pyrrole nitrogens is 2. The number of aromatic amines is 2. The van der Waals surface area contributed by atoms with Crippen LogP contribution in [-0.2, 0) is 19.1 Å². The van der Waals surface area contributed by atoms with Gasteiger partial charge in [-0.1, -0.05) is 76.2 Å². The van der Waals surface area contributed by atoms with Crippen LogP contribution >= 0.6 is 0 Å². The maximum absolute atomic E-state index is 13.6. The van der Waals surface area contributed by atoms with Crippen LogP contribution < -0.4 is 10.6 Å². The summed E-state index contributed by atoms with van der Waals surface area (Å²) < 4.78 is 34.6. The van der Waals surface area contributed by atoms with E-state index in [1.807, 2.05) is 76.2 Å². The molecule has 2 aromatic carbocycles. The van der Waals surface area contributed by atoms with Gasteiger partial charge in [-0.3, -0.25) is 9.59 Å². The highest BCUT2D eigenvalue weighted by atomic mass is 19.1. The largest absolute Gasteiger partial charge is 0.447 e. The third-order valence-corrected chi connectivity index (χ3v) is 10.7. The number of carbonyl (C=O) groups is 4. The molecule has 0 bridgehead atoms. The van der Waals surface area contributed by atoms with E-state index >= 15 is 0 Å². The van der Waals surface area contributed by atoms with Crippen LogP contribution in [-0.4, -0.2) is 105 Å². The monoisotopic (exact) mass is 802 g/mol. The summed E-state index contributed by atoms with van der Waals surface area (Å²) in [5.74, 6) is 0.466. The lowest BCUT2D eigenvalue weighted by molar-refractivity contribution is -0.136. The van der Waals surface area contributed by atoms with Crippen molar-refractivity contribution in [1.29, 1.82) is 0 Å². The van der Waals surface area contributed by atoms with Gasteiger partial charge in [0.05, 0.1) is 35.9 Å². The van der Waals surface area contributed by atoms with Gasteiger partial charge in [-0.25, -0.2) is 28.3 Å². The molecular weight excluding hydrogens is 751 g/mol. The molecule has 4 heterocycles. The smallest absolute Gasteiger partial charge is 0.407 e. The van der Waals surface area contributed by atoms with E-state index in [-0.39, 0.29) is 48.9 Å². The number of hydrogen-bond donors (Lipinski definition) is 4. The summed E-state index contributed by atoms with van der Waals surface area (Å²) in [4.78, 5) is 71.1. The highest BCUT2D eigenvalue weighted by Crippen LogP contribution is 2.35. The van der Waals surface area contributed by atoms with Crippen LogP contribution in [0.5, 0.6) is 0 Å². The molecule has 16 heteroatoms. The van der Waals surface area contributed by atoms with Crippen LogP contribution in [0.4, 0.5) is 18.4 Å². The molecule has 6 rings (SSSR count). The number of ether oxygens (including phenoxy) is 2. The Kier molecular flexibility index (Phi) is 13.8. The zero-order chi connectivity index (χ0) is 41.3. The van der Waals surface area contributed by atoms with E-state index < -0.39 is 37.6 Å². The molecule has 0 spiro atoms. The summed E-state index contributed by atoms with van der Waals surface area (Å²) in [5.41, 5.74) is 5.54. The summed E-state index contributed by atoms with van der Waals surface area (Å²) in [6.07, 6.45) is 4.92. The van der Waals surface area contributed by atoms with Crippen molar-refractivity contribution in [2.75, 3.05) is 39.7 Å². The van der Waals surface area contributed by atoms with Crippen LogP contribution in [0.2, 0.25) is 0 Å². The minimum Gasteiger partial charge on any atom is -0.447 e. The average molecular weight is 803 g/mol. The van der Waals surface area contributed by atoms with Crippen LogP contribution in [0.3, 0.4) is 0 Å². The minimum atomic E-state index is -0.819. The summed E-state index contributed by atoms with van der Waals surface area (Å²) in [6, 6.07) is 14.0. The number of hydrogen-bond acceptors (Lipinski definition) is 8. The third-order valence-electron chi connectivity index (χ3n) is 10.7. The molecule has 2 aliphatic heterocycles. The molecule has 4 N–H and O–H groups in total. The normalized spacial score (nSPS) is 17.7. The number of nitrogens with one attached hydrogen (secondary N) is 4. The fourth-order valence-corrected chi connectivity index (χ4v) is 7.60. The fourth-order valence-electron chi connectivity index (χ4n) is 7.60. The highest BCUT2D eigenvalue weighted by Gasteiger charge is 2.39. The predicted molar refractivity (Wildman–Crippen MR) is 213 cm³/mol. The van der Waals surface area contributed by atoms with Crippen molar-refractivity contribution in [1.82, 2.24) is 40.4 Å². The molecular formula is C42H52F2N8O6. The van der Waals surface area contributed by atoms with Gasteiger partial charge in [0.25, 0.3) is 0 Å². The molecule has 0 radical (unpaired) electrons. The van der Waals surface area contributed by atoms with E-state index in [0.717, 1.165) is 59.3 Å². The fraction of sp³-hybridized carbons (Fsp3) is 0.476. The standard InChI is InChI=1S/C42H52F2N8O6/c1-25(2)35(49-41(55)57-21-17-43)39(53)51-19-5-7-33(51)37-45-23-31(47-37)29-13-9-27(10-14-29)28-11-15-30(16-12-28)32-24-46-38(48-32)34-8-6-20-52(34)40(54)36(26(3)4)50-42(56)58-22-18-44/h9-16,23-26,33-36H,5-8,17-22H2,1-4H3,(H,45,47)(H,46,48)(H,49,55)(H,50,56)/t33-,34-,35-,36-/m0/s1. The van der Waals surface area contributed by atoms with Crippen molar-refractivity contribution in [2.24, 2.45) is 11.8 Å². The molecule has 14 nitrogen and oxygen atoms in total. The van der Waals surface area contributed by atoms with Gasteiger partial charge in [0.1, 0.15) is 50.3 Å². The summed E-state index contributed by atoms with van der Waals surface area (Å²) in [7, 11) is 0. The second-order valence-electron chi connectivity index (χ2n) is 15.3. The predicted octanol–water partition coefficient (Wildman–Crippen LogP) is 6.90. The average Bonchev–Trinajstić information content (AvgIpc) is 4.07. The van der Waals surface area contributed by atoms with Gasteiger partial charge < -0.3 is 39.9 Å². The minimum absolute atomic E-state index is 0.205. The van der Waals surface area contributed by atoms with Gasteiger partial charge in [-0.2, -0.15) is 0 Å². The lowest BCUT2D eigenvalue weighted by Crippen LogP contribution is -2.51. The Balaban J connectivity index is 1.09. The molecule has 0 unspecified atom stereocenters. The number of halogens is 2. The van der Waals surface area contributed by atoms with Gasteiger partial charge in [0, 0.05) is 13.1 Å². The first kappa shape index (κ1) is 41.8. The number of aromatic nitrogens is 4. The van der Waals surface area contributed by atoms with Crippen molar-refractivity contribution in [3.63, 3.8) is 0 Å². The summed E-state index contributed by atoms with van der Waals surface area (Å²) in [6.45, 7) is 6.08. The number of imidazole rings is 2. The molecule has 2 fully saturated rings. The number of amides is 4. The number of alkyl carbamates (subject to hydrolysis) is 2. The Bertz CT molecular complexity index is 1870. The van der Waals surface area contributed by atoms with E-state index in [9.17, 15) is 28.0 Å². The van der Waals surface area contributed by atoms with Gasteiger partial charge >= 0.3 is 12.2 Å². The molecule has 2 saturated heterocycles. The first-order valence-corrected chi connectivity index (χ1v) is 19.9. The maximum atomic E-state index is 13.6. The van der Waals surface area contributed by atoms with Crippen LogP contribution in [0, 0.1) is 11.8 Å². The van der Waals surface area contributed by atoms with Crippen LogP contribution in [0.25, 0.3) is 33.6 Å². The Morgan fingerprint density at radius 2 is 1.02 bits per heavy atom. The van der Waals surface area contributed by atoms with Crippen molar-refractivity contribution < 1.29 is 37.4 Å². The Morgan fingerprint density at radius 1 is 0.655 bits per heavy atom. The number of carbonyl (C=O) groups excluding carboxylic acids is 4. The van der Waals surface area contributed by atoms with Gasteiger partial charge in [0.15, 0.2) is 0 Å². The lowest BCUT2D eigenvalue weighted by atomic mass is 10.0. The van der Waals surface area contributed by atoms with Crippen LogP contribution in [0.15, 0.2) is 60.9 Å². The first-order chi connectivity index (χ1) is 28.0. The van der Waals surface area contributed by atoms with E-state index in [4.69, 9.17) is 9.47 Å². The molecule has 0 saturated carbocycles. The van der Waals surface area contributed by atoms with Crippen molar-refractivity contribution in [2.45, 2.75) is 77.5 Å².